The zero-order chi connectivity index (χ0) is 14.5. The first kappa shape index (κ1) is 15.9. The average Bonchev–Trinajstić information content (AvgIpc) is 2.44. The third-order valence-corrected chi connectivity index (χ3v) is 5.81. The van der Waals surface area contributed by atoms with E-state index in [2.05, 4.69) is 50.7 Å². The van der Waals surface area contributed by atoms with Gasteiger partial charge in [0, 0.05) is 17.8 Å². The van der Waals surface area contributed by atoms with Crippen LogP contribution in [0.4, 0.5) is 0 Å². The van der Waals surface area contributed by atoms with Crippen molar-refractivity contribution in [2.45, 2.75) is 16.7 Å². The van der Waals surface area contributed by atoms with Crippen molar-refractivity contribution in [3.63, 3.8) is 0 Å². The second kappa shape index (κ2) is 7.47. The largest absolute Gasteiger partial charge is 0.462 e. The van der Waals surface area contributed by atoms with E-state index >= 15 is 0 Å². The Balaban J connectivity index is 2.10. The average molecular weight is 463 g/mol. The minimum absolute atomic E-state index is 0.276. The van der Waals surface area contributed by atoms with Crippen molar-refractivity contribution >= 4 is 56.3 Å². The number of benzene rings is 2. The van der Waals surface area contributed by atoms with Gasteiger partial charge in [0.2, 0.25) is 0 Å². The highest BCUT2D eigenvalue weighted by Gasteiger charge is 2.06. The van der Waals surface area contributed by atoms with Gasteiger partial charge in [-0.15, -0.1) is 0 Å². The fourth-order valence-electron chi connectivity index (χ4n) is 1.55. The summed E-state index contributed by atoms with van der Waals surface area (Å²) in [5.41, 5.74) is 0.585. The third kappa shape index (κ3) is 4.23. The van der Waals surface area contributed by atoms with Crippen LogP contribution >= 0.6 is 50.3 Å². The number of halogens is 2. The summed E-state index contributed by atoms with van der Waals surface area (Å²) in [6.07, 6.45) is 0. The molecule has 0 heterocycles. The third-order valence-electron chi connectivity index (χ3n) is 2.49. The molecule has 0 atom stereocenters. The summed E-state index contributed by atoms with van der Waals surface area (Å²) in [7, 11) is 0. The van der Waals surface area contributed by atoms with Gasteiger partial charge < -0.3 is 4.74 Å². The Kier molecular flexibility index (Phi) is 5.92. The minimum atomic E-state index is -0.276. The van der Waals surface area contributed by atoms with E-state index in [1.807, 2.05) is 18.2 Å². The summed E-state index contributed by atoms with van der Waals surface area (Å²) >= 11 is 7.45. The molecule has 0 radical (unpaired) electrons. The molecule has 0 amide bonds. The Morgan fingerprint density at radius 3 is 2.45 bits per heavy atom. The number of rotatable bonds is 4. The summed E-state index contributed by atoms with van der Waals surface area (Å²) in [6.45, 7) is 2.20. The minimum Gasteiger partial charge on any atom is -0.462 e. The molecule has 0 N–H and O–H groups in total. The summed E-state index contributed by atoms with van der Waals surface area (Å²) in [5, 5.41) is 0. The van der Waals surface area contributed by atoms with Crippen LogP contribution in [-0.4, -0.2) is 12.6 Å². The molecule has 0 unspecified atom stereocenters. The van der Waals surface area contributed by atoms with Gasteiger partial charge in [0.25, 0.3) is 0 Å². The number of ether oxygens (including phenoxy) is 1. The molecule has 2 rings (SSSR count). The lowest BCUT2D eigenvalue weighted by molar-refractivity contribution is 0.0526. The van der Waals surface area contributed by atoms with Gasteiger partial charge in [0.15, 0.2) is 0 Å². The topological polar surface area (TPSA) is 26.3 Å². The molecule has 2 aromatic carbocycles. The van der Waals surface area contributed by atoms with Gasteiger partial charge in [-0.25, -0.2) is 4.79 Å². The Morgan fingerprint density at radius 2 is 1.85 bits per heavy atom. The van der Waals surface area contributed by atoms with Crippen molar-refractivity contribution in [1.29, 1.82) is 0 Å². The maximum atomic E-state index is 11.6. The van der Waals surface area contributed by atoms with E-state index in [0.717, 1.165) is 9.37 Å². The Morgan fingerprint density at radius 1 is 1.20 bits per heavy atom. The molecule has 0 aromatic heterocycles. The summed E-state index contributed by atoms with van der Waals surface area (Å²) < 4.78 is 7.24. The van der Waals surface area contributed by atoms with Crippen molar-refractivity contribution in [3.05, 3.63) is 56.1 Å². The highest BCUT2D eigenvalue weighted by molar-refractivity contribution is 14.1. The Labute approximate surface area is 144 Å². The van der Waals surface area contributed by atoms with Crippen LogP contribution in [0.3, 0.4) is 0 Å². The van der Waals surface area contributed by atoms with Crippen LogP contribution in [0.15, 0.2) is 56.7 Å². The maximum absolute atomic E-state index is 11.6. The molecular formula is C15H12BrIO2S. The van der Waals surface area contributed by atoms with E-state index < -0.39 is 0 Å². The van der Waals surface area contributed by atoms with E-state index in [1.54, 1.807) is 30.8 Å². The molecule has 2 aromatic rings. The number of carbonyl (C=O) groups excluding carboxylic acids is 1. The van der Waals surface area contributed by atoms with Crippen LogP contribution < -0.4 is 0 Å². The molecular weight excluding hydrogens is 451 g/mol. The molecule has 0 aliphatic heterocycles. The van der Waals surface area contributed by atoms with Gasteiger partial charge in [-0.1, -0.05) is 11.8 Å². The highest BCUT2D eigenvalue weighted by atomic mass is 127. The quantitative estimate of drug-likeness (QED) is 0.450. The van der Waals surface area contributed by atoms with E-state index in [4.69, 9.17) is 4.74 Å². The fourth-order valence-corrected chi connectivity index (χ4v) is 3.38. The van der Waals surface area contributed by atoms with Crippen LogP contribution in [0.2, 0.25) is 0 Å². The van der Waals surface area contributed by atoms with Gasteiger partial charge in [0.1, 0.15) is 0 Å². The van der Waals surface area contributed by atoms with Crippen molar-refractivity contribution in [1.82, 2.24) is 0 Å². The zero-order valence-corrected chi connectivity index (χ0v) is 15.3. The van der Waals surface area contributed by atoms with Gasteiger partial charge in [-0.05, 0) is 87.9 Å². The van der Waals surface area contributed by atoms with Crippen LogP contribution in [0, 0.1) is 3.57 Å². The van der Waals surface area contributed by atoms with Crippen LogP contribution in [0.5, 0.6) is 0 Å². The van der Waals surface area contributed by atoms with E-state index in [0.29, 0.717) is 12.2 Å². The molecule has 0 saturated carbocycles. The van der Waals surface area contributed by atoms with Gasteiger partial charge >= 0.3 is 5.97 Å². The standard InChI is InChI=1S/C15H12BrIO2S/c1-2-19-15(18)10-3-5-11(6-4-10)20-12-7-8-13(16)14(17)9-12/h3-9H,2H2,1H3. The molecule has 20 heavy (non-hydrogen) atoms. The van der Waals surface area contributed by atoms with E-state index in [9.17, 15) is 4.79 Å². The highest BCUT2D eigenvalue weighted by Crippen LogP contribution is 2.31. The smallest absolute Gasteiger partial charge is 0.338 e. The van der Waals surface area contributed by atoms with Crippen LogP contribution in [0.1, 0.15) is 17.3 Å². The van der Waals surface area contributed by atoms with E-state index in [1.165, 1.54) is 8.47 Å². The molecule has 0 fully saturated rings. The number of hydrogen-bond donors (Lipinski definition) is 0. The predicted octanol–water partition coefficient (Wildman–Crippen LogP) is 5.38. The lowest BCUT2D eigenvalue weighted by Crippen LogP contribution is -2.03. The second-order valence-corrected chi connectivity index (χ2v) is 7.09. The fraction of sp³-hybridized carbons (Fsp3) is 0.133. The molecule has 0 spiro atoms. The summed E-state index contributed by atoms with van der Waals surface area (Å²) in [6, 6.07) is 13.7. The Hall–Kier alpha value is -0.530. The zero-order valence-electron chi connectivity index (χ0n) is 10.7. The second-order valence-electron chi connectivity index (χ2n) is 3.92. The molecule has 2 nitrogen and oxygen atoms in total. The molecule has 0 aliphatic carbocycles. The summed E-state index contributed by atoms with van der Waals surface area (Å²) in [4.78, 5) is 13.8. The molecule has 0 aliphatic rings. The molecule has 0 bridgehead atoms. The maximum Gasteiger partial charge on any atom is 0.338 e. The Bertz CT molecular complexity index is 614. The number of hydrogen-bond acceptors (Lipinski definition) is 3. The van der Waals surface area contributed by atoms with Crippen molar-refractivity contribution in [2.75, 3.05) is 6.61 Å². The van der Waals surface area contributed by atoms with Crippen LogP contribution in [-0.2, 0) is 4.74 Å². The summed E-state index contributed by atoms with van der Waals surface area (Å²) in [5.74, 6) is -0.276. The monoisotopic (exact) mass is 462 g/mol. The predicted molar refractivity (Wildman–Crippen MR) is 93.4 cm³/mol. The molecule has 0 saturated heterocycles. The lowest BCUT2D eigenvalue weighted by atomic mass is 10.2. The van der Waals surface area contributed by atoms with Gasteiger partial charge in [-0.3, -0.25) is 0 Å². The number of carbonyl (C=O) groups is 1. The normalized spacial score (nSPS) is 10.3. The molecule has 104 valence electrons. The first-order chi connectivity index (χ1) is 9.60. The van der Waals surface area contributed by atoms with Crippen molar-refractivity contribution in [2.24, 2.45) is 0 Å². The lowest BCUT2D eigenvalue weighted by Gasteiger charge is -2.05. The van der Waals surface area contributed by atoms with Crippen molar-refractivity contribution < 1.29 is 9.53 Å². The first-order valence-corrected chi connectivity index (χ1v) is 8.69. The van der Waals surface area contributed by atoms with Crippen LogP contribution in [0.25, 0.3) is 0 Å². The van der Waals surface area contributed by atoms with Crippen molar-refractivity contribution in [3.8, 4) is 0 Å². The SMILES string of the molecule is CCOC(=O)c1ccc(Sc2ccc(Br)c(I)c2)cc1. The van der Waals surface area contributed by atoms with E-state index in [-0.39, 0.29) is 5.97 Å². The van der Waals surface area contributed by atoms with Gasteiger partial charge in [0.05, 0.1) is 12.2 Å². The first-order valence-electron chi connectivity index (χ1n) is 6.00. The molecule has 5 heteroatoms. The number of esters is 1. The van der Waals surface area contributed by atoms with Gasteiger partial charge in [-0.2, -0.15) is 0 Å².